The van der Waals surface area contributed by atoms with Crippen LogP contribution in [0.4, 0.5) is 0 Å². The predicted octanol–water partition coefficient (Wildman–Crippen LogP) is 2.84. The predicted molar refractivity (Wildman–Crippen MR) is 97.1 cm³/mol. The molecule has 0 aliphatic carbocycles. The van der Waals surface area contributed by atoms with E-state index in [0.717, 1.165) is 56.8 Å². The number of ether oxygens (including phenoxy) is 2. The number of nitrogens with one attached hydrogen (secondary N) is 2. The van der Waals surface area contributed by atoms with Crippen LogP contribution < -0.4 is 15.5 Å². The van der Waals surface area contributed by atoms with Crippen molar-refractivity contribution in [2.24, 2.45) is 5.10 Å². The molecular formula is C17H25N3O2S. The molecule has 1 aromatic rings. The van der Waals surface area contributed by atoms with Crippen LogP contribution >= 0.6 is 12.2 Å². The van der Waals surface area contributed by atoms with Crippen molar-refractivity contribution in [3.63, 3.8) is 0 Å². The van der Waals surface area contributed by atoms with Crippen LogP contribution in [0.15, 0.2) is 29.4 Å². The van der Waals surface area contributed by atoms with Crippen LogP contribution in [0.2, 0.25) is 0 Å². The van der Waals surface area contributed by atoms with Crippen LogP contribution in [-0.4, -0.2) is 37.2 Å². The second kappa shape index (κ2) is 10.2. The molecule has 1 aliphatic rings. The molecule has 0 bridgehead atoms. The lowest BCUT2D eigenvalue weighted by Crippen LogP contribution is -2.37. The maximum Gasteiger partial charge on any atom is 0.187 e. The Balaban J connectivity index is 1.66. The molecule has 2 N–H and O–H groups in total. The third-order valence-corrected chi connectivity index (χ3v) is 3.78. The average Bonchev–Trinajstić information content (AvgIpc) is 3.08. The molecule has 1 fully saturated rings. The molecule has 0 saturated carbocycles. The van der Waals surface area contributed by atoms with E-state index in [0.29, 0.717) is 5.11 Å². The number of unbranched alkanes of at least 4 members (excludes halogenated alkanes) is 1. The number of nitrogens with zero attached hydrogens (tertiary/aromatic N) is 1. The first-order chi connectivity index (χ1) is 11.3. The summed E-state index contributed by atoms with van der Waals surface area (Å²) in [7, 11) is 0. The monoisotopic (exact) mass is 335 g/mol. The third-order valence-electron chi connectivity index (χ3n) is 3.54. The lowest BCUT2D eigenvalue weighted by atomic mass is 10.2. The summed E-state index contributed by atoms with van der Waals surface area (Å²) in [5.74, 6) is 0.886. The first-order valence-corrected chi connectivity index (χ1v) is 8.60. The Hall–Kier alpha value is -1.66. The highest BCUT2D eigenvalue weighted by Crippen LogP contribution is 2.12. The highest BCUT2D eigenvalue weighted by molar-refractivity contribution is 7.80. The van der Waals surface area contributed by atoms with E-state index in [1.807, 2.05) is 24.3 Å². The van der Waals surface area contributed by atoms with Crippen LogP contribution in [0.5, 0.6) is 5.75 Å². The number of thiocarbonyl (C=S) groups is 1. The quantitative estimate of drug-likeness (QED) is 0.331. The Bertz CT molecular complexity index is 499. The normalized spacial score (nSPS) is 17.3. The molecule has 1 unspecified atom stereocenters. The molecule has 23 heavy (non-hydrogen) atoms. The first-order valence-electron chi connectivity index (χ1n) is 8.19. The second-order valence-electron chi connectivity index (χ2n) is 5.49. The van der Waals surface area contributed by atoms with Gasteiger partial charge in [-0.2, -0.15) is 5.10 Å². The van der Waals surface area contributed by atoms with Crippen molar-refractivity contribution < 1.29 is 9.47 Å². The molecule has 0 spiro atoms. The summed E-state index contributed by atoms with van der Waals surface area (Å²) < 4.78 is 11.1. The summed E-state index contributed by atoms with van der Waals surface area (Å²) in [6, 6.07) is 7.83. The van der Waals surface area contributed by atoms with Gasteiger partial charge in [-0.25, -0.2) is 0 Å². The number of rotatable bonds is 8. The fourth-order valence-corrected chi connectivity index (χ4v) is 2.34. The maximum atomic E-state index is 5.62. The number of hydrazone groups is 1. The Labute approximate surface area is 143 Å². The first kappa shape index (κ1) is 17.7. The zero-order chi connectivity index (χ0) is 16.3. The maximum absolute atomic E-state index is 5.62. The number of hydrogen-bond donors (Lipinski definition) is 2. The zero-order valence-corrected chi connectivity index (χ0v) is 14.4. The van der Waals surface area contributed by atoms with Crippen molar-refractivity contribution in [2.75, 3.05) is 19.8 Å². The van der Waals surface area contributed by atoms with Crippen molar-refractivity contribution in [3.05, 3.63) is 29.8 Å². The van der Waals surface area contributed by atoms with Crippen LogP contribution in [-0.2, 0) is 4.74 Å². The van der Waals surface area contributed by atoms with Gasteiger partial charge >= 0.3 is 0 Å². The van der Waals surface area contributed by atoms with E-state index in [1.54, 1.807) is 6.21 Å². The molecular weight excluding hydrogens is 310 g/mol. The van der Waals surface area contributed by atoms with Gasteiger partial charge in [0, 0.05) is 13.2 Å². The zero-order valence-electron chi connectivity index (χ0n) is 13.6. The van der Waals surface area contributed by atoms with Crippen molar-refractivity contribution >= 4 is 23.5 Å². The van der Waals surface area contributed by atoms with Gasteiger partial charge in [0.15, 0.2) is 5.11 Å². The van der Waals surface area contributed by atoms with Gasteiger partial charge in [0.1, 0.15) is 5.75 Å². The summed E-state index contributed by atoms with van der Waals surface area (Å²) >= 11 is 5.17. The lowest BCUT2D eigenvalue weighted by molar-refractivity contribution is 0.114. The summed E-state index contributed by atoms with van der Waals surface area (Å²) in [5.41, 5.74) is 3.80. The van der Waals surface area contributed by atoms with Gasteiger partial charge in [0.2, 0.25) is 0 Å². The average molecular weight is 335 g/mol. The molecule has 126 valence electrons. The van der Waals surface area contributed by atoms with E-state index in [-0.39, 0.29) is 6.10 Å². The van der Waals surface area contributed by atoms with E-state index < -0.39 is 0 Å². The molecule has 2 rings (SSSR count). The molecule has 1 aromatic carbocycles. The summed E-state index contributed by atoms with van der Waals surface area (Å²) in [6.45, 7) is 4.49. The van der Waals surface area contributed by atoms with Crippen LogP contribution in [0, 0.1) is 0 Å². The molecule has 1 saturated heterocycles. The minimum absolute atomic E-state index is 0.263. The van der Waals surface area contributed by atoms with Crippen LogP contribution in [0.25, 0.3) is 0 Å². The van der Waals surface area contributed by atoms with Gasteiger partial charge in [-0.3, -0.25) is 5.43 Å². The minimum atomic E-state index is 0.263. The fourth-order valence-electron chi connectivity index (χ4n) is 2.20. The molecule has 0 aromatic heterocycles. The van der Waals surface area contributed by atoms with Gasteiger partial charge in [-0.15, -0.1) is 0 Å². The summed E-state index contributed by atoms with van der Waals surface area (Å²) in [4.78, 5) is 0. The van der Waals surface area contributed by atoms with Gasteiger partial charge in [0.25, 0.3) is 0 Å². The number of benzene rings is 1. The van der Waals surface area contributed by atoms with E-state index >= 15 is 0 Å². The molecule has 1 atom stereocenters. The van der Waals surface area contributed by atoms with Gasteiger partial charge in [-0.1, -0.05) is 13.3 Å². The molecule has 6 heteroatoms. The Morgan fingerprint density at radius 1 is 1.43 bits per heavy atom. The molecule has 5 nitrogen and oxygen atoms in total. The van der Waals surface area contributed by atoms with Gasteiger partial charge in [-0.05, 0) is 61.3 Å². The Morgan fingerprint density at radius 2 is 2.26 bits per heavy atom. The standard InChI is InChI=1S/C17H25N3O2S/c1-2-3-10-21-15-8-6-14(7-9-15)12-19-20-17(23)18-13-16-5-4-11-22-16/h6-9,12,16H,2-5,10-11,13H2,1H3,(H2,18,20,23). The summed E-state index contributed by atoms with van der Waals surface area (Å²) in [6.07, 6.45) is 6.42. The highest BCUT2D eigenvalue weighted by atomic mass is 32.1. The van der Waals surface area contributed by atoms with Crippen molar-refractivity contribution in [1.29, 1.82) is 0 Å². The Morgan fingerprint density at radius 3 is 2.96 bits per heavy atom. The third kappa shape index (κ3) is 6.97. The molecule has 0 radical (unpaired) electrons. The summed E-state index contributed by atoms with van der Waals surface area (Å²) in [5, 5.41) is 7.75. The topological polar surface area (TPSA) is 54.9 Å². The molecule has 1 heterocycles. The minimum Gasteiger partial charge on any atom is -0.494 e. The van der Waals surface area contributed by atoms with Crippen LogP contribution in [0.1, 0.15) is 38.2 Å². The molecule has 1 aliphatic heterocycles. The van der Waals surface area contributed by atoms with Crippen molar-refractivity contribution in [2.45, 2.75) is 38.7 Å². The largest absolute Gasteiger partial charge is 0.494 e. The van der Waals surface area contributed by atoms with Crippen molar-refractivity contribution in [3.8, 4) is 5.75 Å². The SMILES string of the molecule is CCCCOc1ccc(C=NNC(=S)NCC2CCCO2)cc1. The number of hydrogen-bond acceptors (Lipinski definition) is 4. The highest BCUT2D eigenvalue weighted by Gasteiger charge is 2.14. The van der Waals surface area contributed by atoms with E-state index in [1.165, 1.54) is 0 Å². The van der Waals surface area contributed by atoms with E-state index in [4.69, 9.17) is 21.7 Å². The van der Waals surface area contributed by atoms with Gasteiger partial charge in [0.05, 0.1) is 18.9 Å². The van der Waals surface area contributed by atoms with Crippen molar-refractivity contribution in [1.82, 2.24) is 10.7 Å². The van der Waals surface area contributed by atoms with Crippen LogP contribution in [0.3, 0.4) is 0 Å². The van der Waals surface area contributed by atoms with E-state index in [9.17, 15) is 0 Å². The second-order valence-corrected chi connectivity index (χ2v) is 5.89. The fraction of sp³-hybridized carbons (Fsp3) is 0.529. The molecule has 0 amide bonds. The Kier molecular flexibility index (Phi) is 7.83. The van der Waals surface area contributed by atoms with E-state index in [2.05, 4.69) is 22.8 Å². The smallest absolute Gasteiger partial charge is 0.187 e. The lowest BCUT2D eigenvalue weighted by Gasteiger charge is -2.11. The van der Waals surface area contributed by atoms with Gasteiger partial charge < -0.3 is 14.8 Å².